The van der Waals surface area contributed by atoms with Crippen molar-refractivity contribution in [3.63, 3.8) is 0 Å². The van der Waals surface area contributed by atoms with Crippen molar-refractivity contribution in [1.82, 2.24) is 4.57 Å². The number of aromatic hydroxyl groups is 1. The van der Waals surface area contributed by atoms with Crippen LogP contribution < -0.4 is 19.4 Å². The molecule has 6 nitrogen and oxygen atoms in total. The summed E-state index contributed by atoms with van der Waals surface area (Å²) in [5, 5.41) is 9.72. The average molecular weight is 494 g/mol. The second-order valence-corrected chi connectivity index (χ2v) is 9.10. The van der Waals surface area contributed by atoms with Crippen LogP contribution in [0.25, 0.3) is 16.9 Å². The molecule has 0 unspecified atom stereocenters. The second kappa shape index (κ2) is 10.2. The molecule has 1 N–H and O–H groups in total. The number of phenolic OH excluding ortho intramolecular Hbond substituents is 1. The predicted octanol–water partition coefficient (Wildman–Crippen LogP) is 5.21. The molecule has 37 heavy (non-hydrogen) atoms. The molecule has 0 aliphatic carbocycles. The van der Waals surface area contributed by atoms with E-state index in [1.807, 2.05) is 66.1 Å². The van der Waals surface area contributed by atoms with Crippen molar-refractivity contribution in [2.75, 3.05) is 7.11 Å². The summed E-state index contributed by atoms with van der Waals surface area (Å²) in [7, 11) is 1.62. The molecule has 3 aromatic carbocycles. The van der Waals surface area contributed by atoms with Crippen LogP contribution in [0.5, 0.6) is 17.2 Å². The number of aryl methyl sites for hydroxylation is 1. The van der Waals surface area contributed by atoms with Gasteiger partial charge in [0.15, 0.2) is 17.2 Å². The van der Waals surface area contributed by atoms with Gasteiger partial charge in [0.25, 0.3) is 5.65 Å². The van der Waals surface area contributed by atoms with Gasteiger partial charge < -0.3 is 14.6 Å². The fourth-order valence-corrected chi connectivity index (χ4v) is 4.52. The number of rotatable bonds is 7. The number of hydrogen-bond donors (Lipinski definition) is 1. The van der Waals surface area contributed by atoms with Crippen LogP contribution in [0.1, 0.15) is 22.3 Å². The first-order chi connectivity index (χ1) is 17.9. The van der Waals surface area contributed by atoms with E-state index < -0.39 is 0 Å². The molecule has 0 saturated carbocycles. The normalized spacial score (nSPS) is 11.0. The lowest BCUT2D eigenvalue weighted by Crippen LogP contribution is -2.38. The Morgan fingerprint density at radius 2 is 1.59 bits per heavy atom. The number of pyridine rings is 1. The van der Waals surface area contributed by atoms with Crippen LogP contribution in [0.3, 0.4) is 0 Å². The number of hydrogen-bond acceptors (Lipinski definition) is 4. The van der Waals surface area contributed by atoms with Crippen LogP contribution >= 0.6 is 0 Å². The van der Waals surface area contributed by atoms with Gasteiger partial charge in [-0.1, -0.05) is 42.0 Å². The largest absolute Gasteiger partial charge is 0.508 e. The second-order valence-electron chi connectivity index (χ2n) is 9.10. The van der Waals surface area contributed by atoms with Gasteiger partial charge in [-0.2, -0.15) is 8.97 Å². The molecule has 5 rings (SSSR count). The number of ether oxygens (including phenoxy) is 2. The van der Waals surface area contributed by atoms with Crippen molar-refractivity contribution in [3.8, 4) is 28.5 Å². The number of fused-ring (bicyclic) bond motifs is 1. The lowest BCUT2D eigenvalue weighted by atomic mass is 10.1. The van der Waals surface area contributed by atoms with E-state index in [0.29, 0.717) is 30.2 Å². The zero-order valence-corrected chi connectivity index (χ0v) is 21.1. The molecule has 2 aromatic heterocycles. The molecule has 5 aromatic rings. The minimum absolute atomic E-state index is 0.0760. The van der Waals surface area contributed by atoms with Crippen LogP contribution in [0.4, 0.5) is 0 Å². The summed E-state index contributed by atoms with van der Waals surface area (Å²) in [6.45, 7) is 4.71. The first-order valence-corrected chi connectivity index (χ1v) is 12.1. The Bertz CT molecular complexity index is 1620. The van der Waals surface area contributed by atoms with E-state index in [4.69, 9.17) is 9.47 Å². The number of methoxy groups -OCH3 is 1. The minimum Gasteiger partial charge on any atom is -0.508 e. The predicted molar refractivity (Wildman–Crippen MR) is 143 cm³/mol. The number of phenols is 1. The van der Waals surface area contributed by atoms with Crippen LogP contribution in [-0.4, -0.2) is 16.8 Å². The quantitative estimate of drug-likeness (QED) is 0.316. The van der Waals surface area contributed by atoms with E-state index >= 15 is 0 Å². The molecule has 0 aliphatic rings. The van der Waals surface area contributed by atoms with E-state index in [1.54, 1.807) is 23.8 Å². The van der Waals surface area contributed by atoms with Crippen molar-refractivity contribution in [3.05, 3.63) is 124 Å². The van der Waals surface area contributed by atoms with Crippen molar-refractivity contribution < 1.29 is 19.0 Å². The summed E-state index contributed by atoms with van der Waals surface area (Å²) in [5.41, 5.74) is 6.18. The lowest BCUT2D eigenvalue weighted by molar-refractivity contribution is -0.504. The van der Waals surface area contributed by atoms with Gasteiger partial charge in [0.05, 0.1) is 18.9 Å². The highest BCUT2D eigenvalue weighted by atomic mass is 16.5. The summed E-state index contributed by atoms with van der Waals surface area (Å²) < 4.78 is 15.4. The van der Waals surface area contributed by atoms with Gasteiger partial charge in [-0.05, 0) is 67.4 Å². The van der Waals surface area contributed by atoms with Crippen molar-refractivity contribution in [1.29, 1.82) is 0 Å². The Kier molecular flexibility index (Phi) is 6.64. The van der Waals surface area contributed by atoms with Gasteiger partial charge in [0.2, 0.25) is 0 Å². The van der Waals surface area contributed by atoms with E-state index in [9.17, 15) is 9.90 Å². The van der Waals surface area contributed by atoms with Crippen LogP contribution in [-0.2, 0) is 13.2 Å². The van der Waals surface area contributed by atoms with Gasteiger partial charge in [0.1, 0.15) is 18.9 Å². The van der Waals surface area contributed by atoms with E-state index in [2.05, 4.69) is 31.2 Å². The molecule has 0 aliphatic heterocycles. The van der Waals surface area contributed by atoms with Gasteiger partial charge in [-0.3, -0.25) is 0 Å². The third-order valence-corrected chi connectivity index (χ3v) is 6.50. The Labute approximate surface area is 215 Å². The molecule has 0 saturated heterocycles. The number of benzene rings is 3. The third kappa shape index (κ3) is 4.91. The number of aromatic nitrogens is 2. The molecule has 0 radical (unpaired) electrons. The fraction of sp³-hybridized carbons (Fsp3) is 0.161. The Morgan fingerprint density at radius 3 is 2.32 bits per heavy atom. The monoisotopic (exact) mass is 493 g/mol. The molecule has 2 heterocycles. The van der Waals surface area contributed by atoms with Gasteiger partial charge in [-0.15, -0.1) is 0 Å². The van der Waals surface area contributed by atoms with Crippen molar-refractivity contribution >= 4 is 5.65 Å². The van der Waals surface area contributed by atoms with Crippen molar-refractivity contribution in [2.45, 2.75) is 27.0 Å². The van der Waals surface area contributed by atoms with E-state index in [-0.39, 0.29) is 11.3 Å². The van der Waals surface area contributed by atoms with E-state index in [1.165, 1.54) is 5.56 Å². The summed E-state index contributed by atoms with van der Waals surface area (Å²) in [5.74, 6) is 1.45. The molecule has 0 spiro atoms. The van der Waals surface area contributed by atoms with Crippen LogP contribution in [0.15, 0.2) is 95.9 Å². The van der Waals surface area contributed by atoms with Gasteiger partial charge in [-0.25, -0.2) is 4.79 Å². The summed E-state index contributed by atoms with van der Waals surface area (Å²) in [4.78, 5) is 13.6. The first-order valence-electron chi connectivity index (χ1n) is 12.1. The van der Waals surface area contributed by atoms with Gasteiger partial charge >= 0.3 is 5.56 Å². The van der Waals surface area contributed by atoms with Crippen LogP contribution in [0, 0.1) is 13.8 Å². The molecule has 0 amide bonds. The summed E-state index contributed by atoms with van der Waals surface area (Å²) >= 11 is 0. The Morgan fingerprint density at radius 1 is 0.865 bits per heavy atom. The smallest absolute Gasteiger partial charge is 0.341 e. The lowest BCUT2D eigenvalue weighted by Gasteiger charge is -2.13. The number of nitrogens with zero attached hydrogens (tertiary/aromatic N) is 2. The molecule has 186 valence electrons. The highest BCUT2D eigenvalue weighted by molar-refractivity contribution is 5.61. The maximum atomic E-state index is 13.6. The molecule has 0 bridgehead atoms. The molecule has 6 heteroatoms. The fourth-order valence-electron chi connectivity index (χ4n) is 4.52. The zero-order valence-electron chi connectivity index (χ0n) is 21.1. The summed E-state index contributed by atoms with van der Waals surface area (Å²) in [6.07, 6.45) is 1.95. The highest BCUT2D eigenvalue weighted by Gasteiger charge is 2.22. The maximum absolute atomic E-state index is 13.6. The topological polar surface area (TPSA) is 64.8 Å². The summed E-state index contributed by atoms with van der Waals surface area (Å²) in [6, 6.07) is 26.7. The molecule has 0 atom stereocenters. The van der Waals surface area contributed by atoms with E-state index in [0.717, 1.165) is 28.0 Å². The SMILES string of the molecule is COc1cc(Cn2c(=O)c(C)c(-c3ccc(O)cc3)[n+]3ccccc23)ccc1OCc1ccc(C)cc1. The average Bonchev–Trinajstić information content (AvgIpc) is 2.92. The molecule has 0 fully saturated rings. The Hall–Kier alpha value is -4.58. The molecular weight excluding hydrogens is 464 g/mol. The third-order valence-electron chi connectivity index (χ3n) is 6.50. The highest BCUT2D eigenvalue weighted by Crippen LogP contribution is 2.29. The van der Waals surface area contributed by atoms with Crippen LogP contribution in [0.2, 0.25) is 0 Å². The minimum atomic E-state index is -0.0760. The zero-order chi connectivity index (χ0) is 25.9. The Balaban J connectivity index is 1.49. The van der Waals surface area contributed by atoms with Gasteiger partial charge in [0, 0.05) is 11.6 Å². The first kappa shape index (κ1) is 24.1. The van der Waals surface area contributed by atoms with Crippen molar-refractivity contribution in [2.24, 2.45) is 0 Å². The maximum Gasteiger partial charge on any atom is 0.341 e. The molecular formula is C31H29N2O4+. The standard InChI is InChI=1S/C31H28N2O4/c1-21-7-9-23(10-8-21)20-37-27-16-11-24(18-28(27)36-3)19-33-29-6-4-5-17-32(29)30(22(2)31(33)35)25-12-14-26(34)15-13-25/h4-18H,19-20H2,1-3H3/p+1.